The number of imidazole rings is 1. The van der Waals surface area contributed by atoms with Crippen LogP contribution in [-0.2, 0) is 11.3 Å². The number of halogens is 1. The standard InChI is InChI=1S/C28H29ClN4O/c1-20(34)30-25-6-4-5-23(19-25)21-13-15-32(16-14-21)17-18-33-27-8-3-2-7-26(27)31-28(33)22-9-11-24(29)12-10-22/h2-12,19,21H,13-18H2,1H3,(H,30,34). The van der Waals surface area contributed by atoms with Crippen molar-refractivity contribution >= 4 is 34.2 Å². The number of carbonyl (C=O) groups is 1. The van der Waals surface area contributed by atoms with Crippen LogP contribution < -0.4 is 5.32 Å². The second-order valence-electron chi connectivity index (χ2n) is 9.01. The molecule has 2 heterocycles. The number of hydrogen-bond acceptors (Lipinski definition) is 3. The maximum atomic E-state index is 11.4. The number of nitrogens with one attached hydrogen (secondary N) is 1. The predicted octanol–water partition coefficient (Wildman–Crippen LogP) is 6.19. The molecule has 1 saturated heterocycles. The molecule has 5 rings (SSSR count). The topological polar surface area (TPSA) is 50.2 Å². The quantitative estimate of drug-likeness (QED) is 0.363. The normalized spacial score (nSPS) is 15.0. The van der Waals surface area contributed by atoms with Gasteiger partial charge in [0.05, 0.1) is 11.0 Å². The molecule has 34 heavy (non-hydrogen) atoms. The molecule has 1 aliphatic rings. The van der Waals surface area contributed by atoms with Crippen LogP contribution in [0.15, 0.2) is 72.8 Å². The highest BCUT2D eigenvalue weighted by molar-refractivity contribution is 6.30. The van der Waals surface area contributed by atoms with E-state index in [9.17, 15) is 4.79 Å². The molecule has 1 fully saturated rings. The maximum absolute atomic E-state index is 11.4. The van der Waals surface area contributed by atoms with Crippen molar-refractivity contribution in [2.75, 3.05) is 25.0 Å². The van der Waals surface area contributed by atoms with Gasteiger partial charge in [-0.15, -0.1) is 0 Å². The van der Waals surface area contributed by atoms with E-state index in [4.69, 9.17) is 16.6 Å². The second kappa shape index (κ2) is 10.00. The van der Waals surface area contributed by atoms with Crippen molar-refractivity contribution in [3.63, 3.8) is 0 Å². The van der Waals surface area contributed by atoms with Gasteiger partial charge in [0, 0.05) is 36.3 Å². The minimum absolute atomic E-state index is 0.0306. The number of fused-ring (bicyclic) bond motifs is 1. The van der Waals surface area contributed by atoms with Crippen LogP contribution in [0.3, 0.4) is 0 Å². The summed E-state index contributed by atoms with van der Waals surface area (Å²) >= 11 is 6.11. The van der Waals surface area contributed by atoms with Crippen LogP contribution in [0.4, 0.5) is 5.69 Å². The van der Waals surface area contributed by atoms with Gasteiger partial charge in [-0.05, 0) is 85.9 Å². The molecule has 1 N–H and O–H groups in total. The fourth-order valence-electron chi connectivity index (χ4n) is 4.93. The number of likely N-dealkylation sites (tertiary alicyclic amines) is 1. The van der Waals surface area contributed by atoms with Gasteiger partial charge in [0.25, 0.3) is 0 Å². The van der Waals surface area contributed by atoms with Crippen LogP contribution in [0.1, 0.15) is 31.2 Å². The Morgan fingerprint density at radius 2 is 1.76 bits per heavy atom. The number of hydrogen-bond donors (Lipinski definition) is 1. The van der Waals surface area contributed by atoms with Gasteiger partial charge in [0.2, 0.25) is 5.91 Å². The molecule has 0 radical (unpaired) electrons. The zero-order valence-electron chi connectivity index (χ0n) is 19.4. The van der Waals surface area contributed by atoms with Gasteiger partial charge >= 0.3 is 0 Å². The fourth-order valence-corrected chi connectivity index (χ4v) is 5.05. The van der Waals surface area contributed by atoms with Crippen LogP contribution in [0.2, 0.25) is 5.02 Å². The summed E-state index contributed by atoms with van der Waals surface area (Å²) in [6.45, 7) is 5.56. The van der Waals surface area contributed by atoms with Gasteiger partial charge in [-0.25, -0.2) is 4.98 Å². The zero-order chi connectivity index (χ0) is 23.5. The molecule has 3 aromatic carbocycles. The Labute approximate surface area is 205 Å². The van der Waals surface area contributed by atoms with Crippen molar-refractivity contribution in [2.24, 2.45) is 0 Å². The third-order valence-corrected chi connectivity index (χ3v) is 6.91. The summed E-state index contributed by atoms with van der Waals surface area (Å²) in [6.07, 6.45) is 2.25. The maximum Gasteiger partial charge on any atom is 0.221 e. The number of rotatable bonds is 6. The highest BCUT2D eigenvalue weighted by atomic mass is 35.5. The number of carbonyl (C=O) groups excluding carboxylic acids is 1. The number of aromatic nitrogens is 2. The Balaban J connectivity index is 1.27. The molecule has 0 bridgehead atoms. The summed E-state index contributed by atoms with van der Waals surface area (Å²) < 4.78 is 2.33. The number of amides is 1. The van der Waals surface area contributed by atoms with E-state index in [-0.39, 0.29) is 5.91 Å². The van der Waals surface area contributed by atoms with Crippen LogP contribution in [0.5, 0.6) is 0 Å². The lowest BCUT2D eigenvalue weighted by atomic mass is 9.89. The number of piperidine rings is 1. The van der Waals surface area contributed by atoms with E-state index in [1.165, 1.54) is 5.56 Å². The highest BCUT2D eigenvalue weighted by Gasteiger charge is 2.21. The van der Waals surface area contributed by atoms with E-state index in [1.54, 1.807) is 6.92 Å². The van der Waals surface area contributed by atoms with Gasteiger partial charge in [-0.3, -0.25) is 4.79 Å². The molecule has 0 unspecified atom stereocenters. The highest BCUT2D eigenvalue weighted by Crippen LogP contribution is 2.30. The number of nitrogens with zero attached hydrogens (tertiary/aromatic N) is 3. The first kappa shape index (κ1) is 22.6. The molecule has 0 saturated carbocycles. The van der Waals surface area contributed by atoms with Gasteiger partial charge in [-0.2, -0.15) is 0 Å². The SMILES string of the molecule is CC(=O)Nc1cccc(C2CCN(CCn3c(-c4ccc(Cl)cc4)nc4ccccc43)CC2)c1. The average Bonchev–Trinajstić information content (AvgIpc) is 3.22. The molecule has 1 aromatic heterocycles. The lowest BCUT2D eigenvalue weighted by Crippen LogP contribution is -2.35. The number of anilines is 1. The summed E-state index contributed by atoms with van der Waals surface area (Å²) in [5, 5.41) is 3.63. The first-order valence-electron chi connectivity index (χ1n) is 11.9. The molecule has 1 amide bonds. The zero-order valence-corrected chi connectivity index (χ0v) is 20.1. The van der Waals surface area contributed by atoms with E-state index in [2.05, 4.69) is 45.1 Å². The molecule has 174 valence electrons. The smallest absolute Gasteiger partial charge is 0.221 e. The average molecular weight is 473 g/mol. The van der Waals surface area contributed by atoms with Crippen LogP contribution in [0, 0.1) is 0 Å². The number of benzene rings is 3. The Bertz CT molecular complexity index is 1290. The minimum Gasteiger partial charge on any atom is -0.326 e. The minimum atomic E-state index is -0.0306. The third kappa shape index (κ3) is 5.01. The van der Waals surface area contributed by atoms with Gasteiger partial charge in [0.1, 0.15) is 5.82 Å². The first-order chi connectivity index (χ1) is 16.6. The van der Waals surface area contributed by atoms with E-state index in [0.717, 1.165) is 72.2 Å². The third-order valence-electron chi connectivity index (χ3n) is 6.66. The molecule has 1 aliphatic heterocycles. The molecule has 0 aliphatic carbocycles. The van der Waals surface area contributed by atoms with Crippen molar-refractivity contribution in [3.05, 3.63) is 83.4 Å². The van der Waals surface area contributed by atoms with Crippen LogP contribution in [0.25, 0.3) is 22.4 Å². The van der Waals surface area contributed by atoms with Crippen molar-refractivity contribution in [3.8, 4) is 11.4 Å². The molecular formula is C28H29ClN4O. The summed E-state index contributed by atoms with van der Waals surface area (Å²) in [6, 6.07) is 24.6. The molecule has 0 spiro atoms. The van der Waals surface area contributed by atoms with E-state index >= 15 is 0 Å². The van der Waals surface area contributed by atoms with Crippen molar-refractivity contribution in [1.29, 1.82) is 0 Å². The van der Waals surface area contributed by atoms with Crippen LogP contribution >= 0.6 is 11.6 Å². The molecule has 5 nitrogen and oxygen atoms in total. The van der Waals surface area contributed by atoms with Crippen molar-refractivity contribution < 1.29 is 4.79 Å². The largest absolute Gasteiger partial charge is 0.326 e. The van der Waals surface area contributed by atoms with Crippen LogP contribution in [-0.4, -0.2) is 40.0 Å². The van der Waals surface area contributed by atoms with E-state index < -0.39 is 0 Å². The van der Waals surface area contributed by atoms with Gasteiger partial charge < -0.3 is 14.8 Å². The molecule has 4 aromatic rings. The summed E-state index contributed by atoms with van der Waals surface area (Å²) in [5.41, 5.74) is 5.46. The molecule has 0 atom stereocenters. The molecular weight excluding hydrogens is 444 g/mol. The monoisotopic (exact) mass is 472 g/mol. The number of para-hydroxylation sites is 2. The van der Waals surface area contributed by atoms with Gasteiger partial charge in [-0.1, -0.05) is 35.9 Å². The van der Waals surface area contributed by atoms with Crippen molar-refractivity contribution in [2.45, 2.75) is 32.2 Å². The summed E-state index contributed by atoms with van der Waals surface area (Å²) in [4.78, 5) is 18.9. The lowest BCUT2D eigenvalue weighted by molar-refractivity contribution is -0.114. The summed E-state index contributed by atoms with van der Waals surface area (Å²) in [5.74, 6) is 1.49. The van der Waals surface area contributed by atoms with E-state index in [0.29, 0.717) is 5.92 Å². The first-order valence-corrected chi connectivity index (χ1v) is 12.3. The Hall–Kier alpha value is -3.15. The fraction of sp³-hybridized carbons (Fsp3) is 0.286. The van der Waals surface area contributed by atoms with Crippen molar-refractivity contribution in [1.82, 2.24) is 14.5 Å². The van der Waals surface area contributed by atoms with E-state index in [1.807, 2.05) is 42.5 Å². The lowest BCUT2D eigenvalue weighted by Gasteiger charge is -2.32. The summed E-state index contributed by atoms with van der Waals surface area (Å²) in [7, 11) is 0. The van der Waals surface area contributed by atoms with Gasteiger partial charge in [0.15, 0.2) is 0 Å². The Morgan fingerprint density at radius 3 is 2.53 bits per heavy atom. The predicted molar refractivity (Wildman–Crippen MR) is 139 cm³/mol. The molecule has 6 heteroatoms. The Morgan fingerprint density at radius 1 is 1.00 bits per heavy atom. The Kier molecular flexibility index (Phi) is 6.66. The second-order valence-corrected chi connectivity index (χ2v) is 9.44.